The zero-order valence-electron chi connectivity index (χ0n) is 11.7. The molecule has 2 heterocycles. The number of amides is 1. The van der Waals surface area contributed by atoms with Crippen LogP contribution in [0.4, 0.5) is 5.95 Å². The van der Waals surface area contributed by atoms with Crippen molar-refractivity contribution >= 4 is 11.9 Å². The Kier molecular flexibility index (Phi) is 3.92. The minimum atomic E-state index is -0.512. The van der Waals surface area contributed by atoms with Crippen LogP contribution >= 0.6 is 0 Å². The van der Waals surface area contributed by atoms with E-state index in [2.05, 4.69) is 25.5 Å². The summed E-state index contributed by atoms with van der Waals surface area (Å²) in [5, 5.41) is 9.34. The van der Waals surface area contributed by atoms with Crippen LogP contribution in [0.25, 0.3) is 11.5 Å². The summed E-state index contributed by atoms with van der Waals surface area (Å²) in [7, 11) is 0. The van der Waals surface area contributed by atoms with E-state index in [4.69, 9.17) is 4.74 Å². The number of aromatic amines is 1. The van der Waals surface area contributed by atoms with E-state index in [0.717, 1.165) is 0 Å². The van der Waals surface area contributed by atoms with Gasteiger partial charge in [0, 0.05) is 6.20 Å². The van der Waals surface area contributed by atoms with E-state index in [-0.39, 0.29) is 11.9 Å². The van der Waals surface area contributed by atoms with Gasteiger partial charge < -0.3 is 4.74 Å². The summed E-state index contributed by atoms with van der Waals surface area (Å²) in [6, 6.07) is 5.49. The fraction of sp³-hybridized carbons (Fsp3) is 0.429. The summed E-state index contributed by atoms with van der Waals surface area (Å²) in [5.41, 5.74) is 0.670. The number of pyridine rings is 1. The standard InChI is InChI=1S/C14H17N5O2/c1-9(21-8-10-5-6-10)13(20)17-14-16-12(18-19-14)11-4-2-3-7-15-11/h2-4,7,9-10H,5-6,8H2,1H3,(H2,16,17,18,19,20)/t9-/m1/s1. The van der Waals surface area contributed by atoms with Crippen LogP contribution in [0, 0.1) is 5.92 Å². The zero-order chi connectivity index (χ0) is 14.7. The second-order valence-electron chi connectivity index (χ2n) is 5.13. The summed E-state index contributed by atoms with van der Waals surface area (Å²) < 4.78 is 5.50. The summed E-state index contributed by atoms with van der Waals surface area (Å²) in [4.78, 5) is 20.3. The fourth-order valence-corrected chi connectivity index (χ4v) is 1.79. The van der Waals surface area contributed by atoms with E-state index in [9.17, 15) is 4.79 Å². The van der Waals surface area contributed by atoms with E-state index in [1.165, 1.54) is 12.8 Å². The van der Waals surface area contributed by atoms with E-state index >= 15 is 0 Å². The first-order valence-corrected chi connectivity index (χ1v) is 6.98. The second kappa shape index (κ2) is 6.01. The number of nitrogens with zero attached hydrogens (tertiary/aromatic N) is 3. The summed E-state index contributed by atoms with van der Waals surface area (Å²) in [6.45, 7) is 2.37. The highest BCUT2D eigenvalue weighted by atomic mass is 16.5. The lowest BCUT2D eigenvalue weighted by molar-refractivity contribution is -0.126. The van der Waals surface area contributed by atoms with Gasteiger partial charge in [-0.2, -0.15) is 4.98 Å². The fourth-order valence-electron chi connectivity index (χ4n) is 1.79. The highest BCUT2D eigenvalue weighted by Gasteiger charge is 2.24. The molecule has 1 fully saturated rings. The highest BCUT2D eigenvalue weighted by Crippen LogP contribution is 2.29. The number of ether oxygens (including phenoxy) is 1. The van der Waals surface area contributed by atoms with Gasteiger partial charge >= 0.3 is 0 Å². The van der Waals surface area contributed by atoms with E-state index in [1.807, 2.05) is 18.2 Å². The first-order chi connectivity index (χ1) is 10.2. The first kappa shape index (κ1) is 13.7. The number of carbonyl (C=O) groups excluding carboxylic acids is 1. The van der Waals surface area contributed by atoms with Crippen LogP contribution in [-0.4, -0.2) is 38.8 Å². The molecule has 110 valence electrons. The van der Waals surface area contributed by atoms with Crippen molar-refractivity contribution < 1.29 is 9.53 Å². The molecule has 1 amide bonds. The van der Waals surface area contributed by atoms with Gasteiger partial charge in [-0.15, -0.1) is 5.10 Å². The number of carbonyl (C=O) groups is 1. The maximum atomic E-state index is 11.9. The van der Waals surface area contributed by atoms with Gasteiger partial charge in [0.25, 0.3) is 5.91 Å². The third-order valence-electron chi connectivity index (χ3n) is 3.28. The molecular formula is C14H17N5O2. The maximum Gasteiger partial charge on any atom is 0.255 e. The molecule has 1 saturated carbocycles. The van der Waals surface area contributed by atoms with E-state index in [0.29, 0.717) is 24.0 Å². The average Bonchev–Trinajstić information content (AvgIpc) is 3.23. The molecule has 0 bridgehead atoms. The van der Waals surface area contributed by atoms with E-state index in [1.54, 1.807) is 13.1 Å². The molecule has 21 heavy (non-hydrogen) atoms. The van der Waals surface area contributed by atoms with Crippen molar-refractivity contribution in [2.45, 2.75) is 25.9 Å². The SMILES string of the molecule is C[C@@H](OCC1CC1)C(=O)Nc1n[nH]c(-c2ccccn2)n1. The van der Waals surface area contributed by atoms with Crippen LogP contribution in [0.3, 0.4) is 0 Å². The smallest absolute Gasteiger partial charge is 0.255 e. The van der Waals surface area contributed by atoms with Crippen molar-refractivity contribution in [3.8, 4) is 11.5 Å². The van der Waals surface area contributed by atoms with Crippen LogP contribution in [0.2, 0.25) is 0 Å². The monoisotopic (exact) mass is 287 g/mol. The Morgan fingerprint density at radius 1 is 1.52 bits per heavy atom. The normalized spacial score (nSPS) is 15.7. The first-order valence-electron chi connectivity index (χ1n) is 6.98. The Bertz CT molecular complexity index is 609. The van der Waals surface area contributed by atoms with Gasteiger partial charge in [0.05, 0.1) is 6.61 Å². The molecule has 7 heteroatoms. The Hall–Kier alpha value is -2.28. The molecule has 0 aromatic carbocycles. The number of nitrogens with one attached hydrogen (secondary N) is 2. The van der Waals surface area contributed by atoms with Gasteiger partial charge in [0.2, 0.25) is 5.95 Å². The summed E-state index contributed by atoms with van der Waals surface area (Å²) >= 11 is 0. The number of hydrogen-bond donors (Lipinski definition) is 2. The third-order valence-corrected chi connectivity index (χ3v) is 3.28. The highest BCUT2D eigenvalue weighted by molar-refractivity contribution is 5.92. The van der Waals surface area contributed by atoms with Crippen molar-refractivity contribution in [2.24, 2.45) is 5.92 Å². The Labute approximate surface area is 122 Å². The molecule has 0 saturated heterocycles. The van der Waals surface area contributed by atoms with E-state index < -0.39 is 6.10 Å². The number of aromatic nitrogens is 4. The van der Waals surface area contributed by atoms with Crippen molar-refractivity contribution in [1.82, 2.24) is 20.2 Å². The van der Waals surface area contributed by atoms with Crippen LogP contribution < -0.4 is 5.32 Å². The Morgan fingerprint density at radius 2 is 2.38 bits per heavy atom. The van der Waals surface area contributed by atoms with Crippen LogP contribution in [-0.2, 0) is 9.53 Å². The molecule has 2 aromatic heterocycles. The summed E-state index contributed by atoms with van der Waals surface area (Å²) in [5.74, 6) is 1.11. The molecule has 2 N–H and O–H groups in total. The van der Waals surface area contributed by atoms with Crippen LogP contribution in [0.1, 0.15) is 19.8 Å². The van der Waals surface area contributed by atoms with Gasteiger partial charge in [-0.3, -0.25) is 20.2 Å². The predicted octanol–water partition coefficient (Wildman–Crippen LogP) is 1.62. The lowest BCUT2D eigenvalue weighted by Crippen LogP contribution is -2.28. The number of H-pyrrole nitrogens is 1. The molecule has 0 spiro atoms. The maximum absolute atomic E-state index is 11.9. The Morgan fingerprint density at radius 3 is 3.10 bits per heavy atom. The number of rotatable bonds is 6. The molecule has 1 aliphatic carbocycles. The molecule has 2 aromatic rings. The van der Waals surface area contributed by atoms with Crippen molar-refractivity contribution in [2.75, 3.05) is 11.9 Å². The van der Waals surface area contributed by atoms with Crippen LogP contribution in [0.15, 0.2) is 24.4 Å². The molecule has 7 nitrogen and oxygen atoms in total. The lowest BCUT2D eigenvalue weighted by Gasteiger charge is -2.11. The zero-order valence-corrected chi connectivity index (χ0v) is 11.7. The largest absolute Gasteiger partial charge is 0.368 e. The molecular weight excluding hydrogens is 270 g/mol. The van der Waals surface area contributed by atoms with Gasteiger partial charge in [0.15, 0.2) is 5.82 Å². The molecule has 1 aliphatic rings. The lowest BCUT2D eigenvalue weighted by atomic mass is 10.3. The van der Waals surface area contributed by atoms with Crippen molar-refractivity contribution in [1.29, 1.82) is 0 Å². The number of hydrogen-bond acceptors (Lipinski definition) is 5. The third kappa shape index (κ3) is 3.63. The average molecular weight is 287 g/mol. The van der Waals surface area contributed by atoms with Gasteiger partial charge in [-0.25, -0.2) is 0 Å². The quantitative estimate of drug-likeness (QED) is 0.842. The van der Waals surface area contributed by atoms with Crippen molar-refractivity contribution in [3.05, 3.63) is 24.4 Å². The topological polar surface area (TPSA) is 92.8 Å². The predicted molar refractivity (Wildman–Crippen MR) is 76.4 cm³/mol. The molecule has 0 radical (unpaired) electrons. The van der Waals surface area contributed by atoms with Gasteiger partial charge in [-0.1, -0.05) is 6.07 Å². The van der Waals surface area contributed by atoms with Gasteiger partial charge in [-0.05, 0) is 37.8 Å². The minimum absolute atomic E-state index is 0.225. The molecule has 0 aliphatic heterocycles. The summed E-state index contributed by atoms with van der Waals surface area (Å²) in [6.07, 6.45) is 3.55. The number of anilines is 1. The van der Waals surface area contributed by atoms with Crippen LogP contribution in [0.5, 0.6) is 0 Å². The Balaban J connectivity index is 1.57. The molecule has 1 atom stereocenters. The second-order valence-corrected chi connectivity index (χ2v) is 5.13. The van der Waals surface area contributed by atoms with Gasteiger partial charge in [0.1, 0.15) is 11.8 Å². The van der Waals surface area contributed by atoms with Crippen molar-refractivity contribution in [3.63, 3.8) is 0 Å². The minimum Gasteiger partial charge on any atom is -0.368 e. The molecule has 3 rings (SSSR count). The molecule has 0 unspecified atom stereocenters.